The van der Waals surface area contributed by atoms with Gasteiger partial charge in [0.2, 0.25) is 0 Å². The van der Waals surface area contributed by atoms with Crippen molar-refractivity contribution in [3.63, 3.8) is 0 Å². The molecule has 0 aliphatic carbocycles. The molecule has 0 fully saturated rings. The van der Waals surface area contributed by atoms with Crippen molar-refractivity contribution >= 4 is 29.9 Å². The molecule has 0 atom stereocenters. The maximum Gasteiger partial charge on any atom is 0.191 e. The third kappa shape index (κ3) is 10.9. The number of nitrogens with one attached hydrogen (secondary N) is 3. The van der Waals surface area contributed by atoms with Gasteiger partial charge in [-0.05, 0) is 60.1 Å². The summed E-state index contributed by atoms with van der Waals surface area (Å²) in [5, 5.41) is 10.1. The minimum atomic E-state index is -0.221. The van der Waals surface area contributed by atoms with Crippen LogP contribution in [0.15, 0.2) is 23.2 Å². The van der Waals surface area contributed by atoms with Crippen LogP contribution in [0.25, 0.3) is 0 Å². The lowest BCUT2D eigenvalue weighted by Crippen LogP contribution is -2.44. The van der Waals surface area contributed by atoms with Gasteiger partial charge in [-0.25, -0.2) is 0 Å². The second kappa shape index (κ2) is 11.0. The standard InChI is InChI=1S/C20H36N4O.HI/c1-15-9-10-16(17(13-15)25-20(5,6)7)14-23-18(21-8)22-11-12-24-19(2,3)4;/h9-10,13,24H,11-12,14H2,1-8H3,(H2,21,22,23);1H. The van der Waals surface area contributed by atoms with Crippen LogP contribution < -0.4 is 20.7 Å². The molecule has 0 unspecified atom stereocenters. The molecule has 150 valence electrons. The third-order valence-corrected chi connectivity index (χ3v) is 3.38. The Hall–Kier alpha value is -1.02. The first-order chi connectivity index (χ1) is 11.5. The first kappa shape index (κ1) is 25.0. The molecule has 0 saturated carbocycles. The average Bonchev–Trinajstić information content (AvgIpc) is 2.45. The highest BCUT2D eigenvalue weighted by atomic mass is 127. The minimum Gasteiger partial charge on any atom is -0.488 e. The summed E-state index contributed by atoms with van der Waals surface area (Å²) < 4.78 is 6.11. The van der Waals surface area contributed by atoms with Gasteiger partial charge in [0.15, 0.2) is 5.96 Å². The predicted molar refractivity (Wildman–Crippen MR) is 123 cm³/mol. The molecule has 0 aromatic heterocycles. The number of aliphatic imine (C=N–C) groups is 1. The van der Waals surface area contributed by atoms with E-state index < -0.39 is 0 Å². The summed E-state index contributed by atoms with van der Waals surface area (Å²) in [6, 6.07) is 6.31. The van der Waals surface area contributed by atoms with Crippen molar-refractivity contribution in [3.8, 4) is 5.75 Å². The molecule has 5 nitrogen and oxygen atoms in total. The second-order valence-corrected chi connectivity index (χ2v) is 8.35. The van der Waals surface area contributed by atoms with Gasteiger partial charge in [0.25, 0.3) is 0 Å². The topological polar surface area (TPSA) is 57.7 Å². The monoisotopic (exact) mass is 476 g/mol. The summed E-state index contributed by atoms with van der Waals surface area (Å²) in [6.45, 7) is 17.1. The molecular weight excluding hydrogens is 439 g/mol. The average molecular weight is 476 g/mol. The normalized spacial score (nSPS) is 12.4. The Labute approximate surface area is 176 Å². The molecule has 0 bridgehead atoms. The summed E-state index contributed by atoms with van der Waals surface area (Å²) in [5.41, 5.74) is 2.22. The summed E-state index contributed by atoms with van der Waals surface area (Å²) in [6.07, 6.45) is 0. The minimum absolute atomic E-state index is 0. The van der Waals surface area contributed by atoms with E-state index in [9.17, 15) is 0 Å². The van der Waals surface area contributed by atoms with Gasteiger partial charge in [-0.2, -0.15) is 0 Å². The molecule has 6 heteroatoms. The van der Waals surface area contributed by atoms with Crippen LogP contribution in [-0.2, 0) is 6.54 Å². The van der Waals surface area contributed by atoms with Crippen LogP contribution in [0.3, 0.4) is 0 Å². The van der Waals surface area contributed by atoms with E-state index in [2.05, 4.69) is 87.6 Å². The van der Waals surface area contributed by atoms with Crippen molar-refractivity contribution < 1.29 is 4.74 Å². The van der Waals surface area contributed by atoms with Gasteiger partial charge in [0.1, 0.15) is 11.4 Å². The van der Waals surface area contributed by atoms with Crippen molar-refractivity contribution in [3.05, 3.63) is 29.3 Å². The van der Waals surface area contributed by atoms with Gasteiger partial charge in [-0.1, -0.05) is 12.1 Å². The van der Waals surface area contributed by atoms with E-state index in [1.54, 1.807) is 7.05 Å². The Bertz CT molecular complexity index is 574. The fourth-order valence-corrected chi connectivity index (χ4v) is 2.25. The molecule has 0 heterocycles. The van der Waals surface area contributed by atoms with E-state index in [0.717, 1.165) is 30.4 Å². The highest BCUT2D eigenvalue weighted by Gasteiger charge is 2.15. The van der Waals surface area contributed by atoms with Gasteiger partial charge in [0, 0.05) is 37.8 Å². The van der Waals surface area contributed by atoms with Gasteiger partial charge < -0.3 is 20.7 Å². The molecular formula is C20H37IN4O. The van der Waals surface area contributed by atoms with Crippen LogP contribution in [0.5, 0.6) is 5.75 Å². The molecule has 1 aromatic rings. The Morgan fingerprint density at radius 3 is 2.23 bits per heavy atom. The lowest BCUT2D eigenvalue weighted by atomic mass is 10.1. The number of hydrogen-bond acceptors (Lipinski definition) is 3. The van der Waals surface area contributed by atoms with Crippen molar-refractivity contribution in [1.82, 2.24) is 16.0 Å². The molecule has 1 aromatic carbocycles. The summed E-state index contributed by atoms with van der Waals surface area (Å²) >= 11 is 0. The van der Waals surface area contributed by atoms with E-state index in [4.69, 9.17) is 4.74 Å². The summed E-state index contributed by atoms with van der Waals surface area (Å²) in [4.78, 5) is 4.28. The maximum atomic E-state index is 6.11. The fraction of sp³-hybridized carbons (Fsp3) is 0.650. The highest BCUT2D eigenvalue weighted by molar-refractivity contribution is 14.0. The van der Waals surface area contributed by atoms with Crippen LogP contribution in [-0.4, -0.2) is 37.2 Å². The molecule has 0 aliphatic heterocycles. The number of aryl methyl sites for hydroxylation is 1. The molecule has 0 aliphatic rings. The molecule has 26 heavy (non-hydrogen) atoms. The van der Waals surface area contributed by atoms with Crippen molar-refractivity contribution in [1.29, 1.82) is 0 Å². The third-order valence-electron chi connectivity index (χ3n) is 3.38. The van der Waals surface area contributed by atoms with Crippen LogP contribution in [0.2, 0.25) is 0 Å². The van der Waals surface area contributed by atoms with Crippen molar-refractivity contribution in [2.45, 2.75) is 66.2 Å². The highest BCUT2D eigenvalue weighted by Crippen LogP contribution is 2.24. The first-order valence-electron chi connectivity index (χ1n) is 8.98. The Morgan fingerprint density at radius 2 is 1.69 bits per heavy atom. The zero-order valence-corrected chi connectivity index (χ0v) is 19.9. The number of hydrogen-bond donors (Lipinski definition) is 3. The number of ether oxygens (including phenoxy) is 1. The molecule has 0 saturated heterocycles. The smallest absolute Gasteiger partial charge is 0.191 e. The first-order valence-corrected chi connectivity index (χ1v) is 8.98. The molecule has 3 N–H and O–H groups in total. The second-order valence-electron chi connectivity index (χ2n) is 8.35. The zero-order valence-electron chi connectivity index (χ0n) is 17.6. The van der Waals surface area contributed by atoms with Crippen molar-refractivity contribution in [2.75, 3.05) is 20.1 Å². The van der Waals surface area contributed by atoms with Crippen molar-refractivity contribution in [2.24, 2.45) is 4.99 Å². The van der Waals surface area contributed by atoms with Crippen LogP contribution in [0, 0.1) is 6.92 Å². The predicted octanol–water partition coefficient (Wildman–Crippen LogP) is 3.84. The summed E-state index contributed by atoms with van der Waals surface area (Å²) in [5.74, 6) is 1.71. The van der Waals surface area contributed by atoms with E-state index in [-0.39, 0.29) is 35.1 Å². The SMILES string of the molecule is CN=C(NCCNC(C)(C)C)NCc1ccc(C)cc1OC(C)(C)C.I. The number of halogens is 1. The fourth-order valence-electron chi connectivity index (χ4n) is 2.25. The van der Waals surface area contributed by atoms with E-state index in [0.29, 0.717) is 6.54 Å². The zero-order chi connectivity index (χ0) is 19.1. The number of guanidine groups is 1. The van der Waals surface area contributed by atoms with Gasteiger partial charge in [-0.15, -0.1) is 24.0 Å². The Kier molecular flexibility index (Phi) is 10.5. The molecule has 0 radical (unpaired) electrons. The Balaban J connectivity index is 0.00000625. The van der Waals surface area contributed by atoms with Crippen LogP contribution >= 0.6 is 24.0 Å². The molecule has 0 spiro atoms. The van der Waals surface area contributed by atoms with Gasteiger partial charge in [-0.3, -0.25) is 4.99 Å². The van der Waals surface area contributed by atoms with Crippen LogP contribution in [0.4, 0.5) is 0 Å². The largest absolute Gasteiger partial charge is 0.488 e. The lowest BCUT2D eigenvalue weighted by molar-refractivity contribution is 0.129. The van der Waals surface area contributed by atoms with Gasteiger partial charge in [0.05, 0.1) is 0 Å². The van der Waals surface area contributed by atoms with Crippen LogP contribution in [0.1, 0.15) is 52.7 Å². The maximum absolute atomic E-state index is 6.11. The van der Waals surface area contributed by atoms with E-state index in [1.165, 1.54) is 5.56 Å². The summed E-state index contributed by atoms with van der Waals surface area (Å²) in [7, 11) is 1.79. The number of nitrogens with zero attached hydrogens (tertiary/aromatic N) is 1. The number of rotatable bonds is 6. The lowest BCUT2D eigenvalue weighted by Gasteiger charge is -2.24. The van der Waals surface area contributed by atoms with E-state index in [1.807, 2.05) is 0 Å². The van der Waals surface area contributed by atoms with E-state index >= 15 is 0 Å². The molecule has 1 rings (SSSR count). The quantitative estimate of drug-likeness (QED) is 0.253. The Morgan fingerprint density at radius 1 is 1.04 bits per heavy atom. The number of benzene rings is 1. The van der Waals surface area contributed by atoms with Gasteiger partial charge >= 0.3 is 0 Å². The molecule has 0 amide bonds.